The van der Waals surface area contributed by atoms with E-state index >= 15 is 0 Å². The van der Waals surface area contributed by atoms with Crippen molar-refractivity contribution in [1.29, 1.82) is 0 Å². The van der Waals surface area contributed by atoms with Crippen molar-refractivity contribution < 1.29 is 4.79 Å². The van der Waals surface area contributed by atoms with E-state index in [1.807, 2.05) is 60.7 Å². The second-order valence-electron chi connectivity index (χ2n) is 5.60. The van der Waals surface area contributed by atoms with Gasteiger partial charge in [0.15, 0.2) is 0 Å². The lowest BCUT2D eigenvalue weighted by Crippen LogP contribution is -2.15. The summed E-state index contributed by atoms with van der Waals surface area (Å²) in [6, 6.07) is 19.4. The predicted octanol–water partition coefficient (Wildman–Crippen LogP) is 3.96. The molecule has 2 aromatic carbocycles. The lowest BCUT2D eigenvalue weighted by molar-refractivity contribution is -0.115. The van der Waals surface area contributed by atoms with Crippen molar-refractivity contribution in [3.63, 3.8) is 0 Å². The Morgan fingerprint density at radius 3 is 2.21 bits per heavy atom. The normalized spacial score (nSPS) is 10.8. The van der Waals surface area contributed by atoms with E-state index in [1.54, 1.807) is 12.4 Å². The summed E-state index contributed by atoms with van der Waals surface area (Å²) in [5.41, 5.74) is 3.31. The highest BCUT2D eigenvalue weighted by molar-refractivity contribution is 6.01. The number of anilines is 1. The summed E-state index contributed by atoms with van der Waals surface area (Å²) in [5, 5.41) is 5.01. The molecule has 2 heterocycles. The number of carbonyl (C=O) groups excluding carboxylic acids is 1. The molecule has 0 saturated heterocycles. The minimum absolute atomic E-state index is 0.0775. The number of nitrogens with zero attached hydrogens (tertiary/aromatic N) is 2. The number of amides is 1. The van der Waals surface area contributed by atoms with Crippen molar-refractivity contribution in [2.45, 2.75) is 6.42 Å². The summed E-state index contributed by atoms with van der Waals surface area (Å²) < 4.78 is 0. The number of nitrogens with one attached hydrogen (secondary N) is 1. The van der Waals surface area contributed by atoms with Crippen molar-refractivity contribution in [1.82, 2.24) is 9.97 Å². The SMILES string of the molecule is O=C(Cc1cccc2cccnc12)Nc1cccc2cccnc12. The van der Waals surface area contributed by atoms with E-state index in [-0.39, 0.29) is 12.3 Å². The molecule has 4 nitrogen and oxygen atoms in total. The van der Waals surface area contributed by atoms with Gasteiger partial charge in [-0.1, -0.05) is 42.5 Å². The Bertz CT molecular complexity index is 949. The van der Waals surface area contributed by atoms with Crippen LogP contribution in [0.4, 0.5) is 5.69 Å². The summed E-state index contributed by atoms with van der Waals surface area (Å²) in [4.78, 5) is 21.3. The third-order valence-corrected chi connectivity index (χ3v) is 3.97. The number of hydrogen-bond donors (Lipinski definition) is 1. The summed E-state index contributed by atoms with van der Waals surface area (Å²) in [5.74, 6) is -0.0775. The van der Waals surface area contributed by atoms with Gasteiger partial charge in [-0.25, -0.2) is 0 Å². The zero-order chi connectivity index (χ0) is 16.4. The zero-order valence-corrected chi connectivity index (χ0v) is 12.9. The van der Waals surface area contributed by atoms with Crippen molar-refractivity contribution in [3.8, 4) is 0 Å². The topological polar surface area (TPSA) is 54.9 Å². The predicted molar refractivity (Wildman–Crippen MR) is 95.8 cm³/mol. The number of rotatable bonds is 3. The number of para-hydroxylation sites is 2. The molecule has 4 heteroatoms. The van der Waals surface area contributed by atoms with E-state index in [2.05, 4.69) is 15.3 Å². The zero-order valence-electron chi connectivity index (χ0n) is 12.9. The first-order chi connectivity index (χ1) is 11.8. The largest absolute Gasteiger partial charge is 0.324 e. The molecule has 0 aliphatic carbocycles. The van der Waals surface area contributed by atoms with Crippen molar-refractivity contribution in [2.24, 2.45) is 0 Å². The van der Waals surface area contributed by atoms with Gasteiger partial charge in [0.2, 0.25) is 5.91 Å². The van der Waals surface area contributed by atoms with Gasteiger partial charge in [0.05, 0.1) is 23.1 Å². The Balaban J connectivity index is 1.62. The van der Waals surface area contributed by atoms with Gasteiger partial charge in [0, 0.05) is 23.2 Å². The van der Waals surface area contributed by atoms with Gasteiger partial charge < -0.3 is 5.32 Å². The van der Waals surface area contributed by atoms with Gasteiger partial charge in [-0.05, 0) is 23.8 Å². The van der Waals surface area contributed by atoms with E-state index < -0.39 is 0 Å². The number of benzene rings is 2. The molecule has 0 spiro atoms. The Labute approximate surface area is 139 Å². The number of aromatic nitrogens is 2. The number of fused-ring (bicyclic) bond motifs is 2. The molecule has 0 radical (unpaired) electrons. The van der Waals surface area contributed by atoms with Crippen LogP contribution in [0.1, 0.15) is 5.56 Å². The third kappa shape index (κ3) is 2.70. The van der Waals surface area contributed by atoms with Gasteiger partial charge >= 0.3 is 0 Å². The molecule has 0 atom stereocenters. The quantitative estimate of drug-likeness (QED) is 0.623. The van der Waals surface area contributed by atoms with Crippen LogP contribution in [0.15, 0.2) is 73.1 Å². The van der Waals surface area contributed by atoms with Gasteiger partial charge in [0.25, 0.3) is 0 Å². The maximum absolute atomic E-state index is 12.5. The van der Waals surface area contributed by atoms with Crippen molar-refractivity contribution in [2.75, 3.05) is 5.32 Å². The average Bonchev–Trinajstić information content (AvgIpc) is 2.62. The van der Waals surface area contributed by atoms with Crippen LogP contribution in [0, 0.1) is 0 Å². The Hall–Kier alpha value is -3.27. The summed E-state index contributed by atoms with van der Waals surface area (Å²) in [6.45, 7) is 0. The molecule has 0 aliphatic heterocycles. The molecular weight excluding hydrogens is 298 g/mol. The van der Waals surface area contributed by atoms with Crippen LogP contribution in [0.5, 0.6) is 0 Å². The third-order valence-electron chi connectivity index (χ3n) is 3.97. The second-order valence-corrected chi connectivity index (χ2v) is 5.60. The molecule has 0 unspecified atom stereocenters. The van der Waals surface area contributed by atoms with Gasteiger partial charge in [-0.2, -0.15) is 0 Å². The molecule has 24 heavy (non-hydrogen) atoms. The highest BCUT2D eigenvalue weighted by Crippen LogP contribution is 2.21. The van der Waals surface area contributed by atoms with E-state index in [9.17, 15) is 4.79 Å². The highest BCUT2D eigenvalue weighted by atomic mass is 16.1. The molecule has 4 rings (SSSR count). The van der Waals surface area contributed by atoms with E-state index in [0.29, 0.717) is 0 Å². The van der Waals surface area contributed by atoms with Crippen LogP contribution in [0.3, 0.4) is 0 Å². The molecule has 0 aliphatic rings. The van der Waals surface area contributed by atoms with Crippen molar-refractivity contribution >= 4 is 33.4 Å². The van der Waals surface area contributed by atoms with E-state index in [0.717, 1.165) is 33.1 Å². The van der Waals surface area contributed by atoms with Gasteiger partial charge in [-0.15, -0.1) is 0 Å². The van der Waals surface area contributed by atoms with E-state index in [4.69, 9.17) is 0 Å². The molecule has 0 saturated carbocycles. The van der Waals surface area contributed by atoms with Crippen LogP contribution in [0.25, 0.3) is 21.8 Å². The van der Waals surface area contributed by atoms with Crippen LogP contribution in [-0.4, -0.2) is 15.9 Å². The standard InChI is InChI=1S/C20H15N3O/c24-18(13-16-7-1-5-14-8-3-11-21-19(14)16)23-17-10-2-6-15-9-4-12-22-20(15)17/h1-12H,13H2,(H,23,24). The maximum Gasteiger partial charge on any atom is 0.228 e. The summed E-state index contributed by atoms with van der Waals surface area (Å²) >= 11 is 0. The summed E-state index contributed by atoms with van der Waals surface area (Å²) in [7, 11) is 0. The minimum atomic E-state index is -0.0775. The lowest BCUT2D eigenvalue weighted by atomic mass is 10.1. The Morgan fingerprint density at radius 2 is 1.42 bits per heavy atom. The fraction of sp³-hybridized carbons (Fsp3) is 0.0500. The molecule has 0 fully saturated rings. The molecule has 116 valence electrons. The molecule has 2 aromatic heterocycles. The smallest absolute Gasteiger partial charge is 0.228 e. The number of pyridine rings is 2. The van der Waals surface area contributed by atoms with Crippen molar-refractivity contribution in [3.05, 3.63) is 78.6 Å². The fourth-order valence-corrected chi connectivity index (χ4v) is 2.88. The first kappa shape index (κ1) is 14.3. The van der Waals surface area contributed by atoms with Gasteiger partial charge in [-0.3, -0.25) is 14.8 Å². The Morgan fingerprint density at radius 1 is 0.792 bits per heavy atom. The molecular formula is C20H15N3O. The second kappa shape index (κ2) is 6.08. The van der Waals surface area contributed by atoms with Crippen LogP contribution >= 0.6 is 0 Å². The maximum atomic E-state index is 12.5. The monoisotopic (exact) mass is 313 g/mol. The molecule has 4 aromatic rings. The average molecular weight is 313 g/mol. The van der Waals surface area contributed by atoms with Crippen LogP contribution in [-0.2, 0) is 11.2 Å². The minimum Gasteiger partial charge on any atom is -0.324 e. The lowest BCUT2D eigenvalue weighted by Gasteiger charge is -2.09. The first-order valence-corrected chi connectivity index (χ1v) is 7.77. The molecule has 0 bridgehead atoms. The van der Waals surface area contributed by atoms with Crippen LogP contribution in [0.2, 0.25) is 0 Å². The summed E-state index contributed by atoms with van der Waals surface area (Å²) in [6.07, 6.45) is 3.75. The highest BCUT2D eigenvalue weighted by Gasteiger charge is 2.10. The number of carbonyl (C=O) groups is 1. The Kier molecular flexibility index (Phi) is 3.63. The van der Waals surface area contributed by atoms with Gasteiger partial charge in [0.1, 0.15) is 0 Å². The first-order valence-electron chi connectivity index (χ1n) is 7.77. The molecule has 1 amide bonds. The number of hydrogen-bond acceptors (Lipinski definition) is 3. The molecule has 1 N–H and O–H groups in total. The fourth-order valence-electron chi connectivity index (χ4n) is 2.88. The van der Waals surface area contributed by atoms with Crippen LogP contribution < -0.4 is 5.32 Å². The van der Waals surface area contributed by atoms with E-state index in [1.165, 1.54) is 0 Å².